The number of benzene rings is 2. The zero-order valence-electron chi connectivity index (χ0n) is 16.4. The molecule has 1 aliphatic heterocycles. The molecule has 1 aliphatic rings. The molecule has 1 fully saturated rings. The van der Waals surface area contributed by atoms with E-state index in [4.69, 9.17) is 4.74 Å². The van der Waals surface area contributed by atoms with Crippen LogP contribution in [0.25, 0.3) is 0 Å². The van der Waals surface area contributed by atoms with Crippen molar-refractivity contribution in [3.05, 3.63) is 64.1 Å². The van der Waals surface area contributed by atoms with Crippen LogP contribution in [0.5, 0.6) is 5.75 Å². The Labute approximate surface area is 179 Å². The van der Waals surface area contributed by atoms with Gasteiger partial charge in [0.2, 0.25) is 0 Å². The fourth-order valence-corrected chi connectivity index (χ4v) is 4.19. The van der Waals surface area contributed by atoms with Crippen molar-refractivity contribution >= 4 is 15.9 Å². The predicted octanol–water partition coefficient (Wildman–Crippen LogP) is 6.58. The molecule has 2 aromatic carbocycles. The maximum Gasteiger partial charge on any atom is 0.416 e. The zero-order chi connectivity index (χ0) is 20.7. The summed E-state index contributed by atoms with van der Waals surface area (Å²) < 4.78 is 45.1. The minimum Gasteiger partial charge on any atom is -0.493 e. The van der Waals surface area contributed by atoms with E-state index in [1.807, 2.05) is 12.1 Å². The van der Waals surface area contributed by atoms with Crippen molar-refractivity contribution in [1.82, 2.24) is 4.90 Å². The van der Waals surface area contributed by atoms with Crippen molar-refractivity contribution in [2.75, 3.05) is 26.2 Å². The summed E-state index contributed by atoms with van der Waals surface area (Å²) in [5.74, 6) is 0.781. The first-order valence-electron chi connectivity index (χ1n) is 10.2. The van der Waals surface area contributed by atoms with E-state index in [-0.39, 0.29) is 0 Å². The van der Waals surface area contributed by atoms with E-state index in [1.165, 1.54) is 37.0 Å². The molecule has 29 heavy (non-hydrogen) atoms. The number of halogens is 4. The number of rotatable bonds is 8. The van der Waals surface area contributed by atoms with Gasteiger partial charge in [-0.05, 0) is 93.2 Å². The second-order valence-corrected chi connectivity index (χ2v) is 8.64. The first kappa shape index (κ1) is 22.2. The summed E-state index contributed by atoms with van der Waals surface area (Å²) in [4.78, 5) is 2.51. The Balaban J connectivity index is 1.60. The quantitative estimate of drug-likeness (QED) is 0.432. The van der Waals surface area contributed by atoms with Crippen LogP contribution in [0.3, 0.4) is 0 Å². The Hall–Kier alpha value is -1.53. The van der Waals surface area contributed by atoms with Crippen LogP contribution in [0.15, 0.2) is 53.0 Å². The van der Waals surface area contributed by atoms with Gasteiger partial charge in [0.15, 0.2) is 0 Å². The summed E-state index contributed by atoms with van der Waals surface area (Å²) in [6, 6.07) is 13.2. The van der Waals surface area contributed by atoms with Crippen LogP contribution in [-0.2, 0) is 12.6 Å². The second kappa shape index (κ2) is 10.5. The molecule has 1 saturated heterocycles. The van der Waals surface area contributed by atoms with Crippen molar-refractivity contribution in [2.24, 2.45) is 5.92 Å². The maximum absolute atomic E-state index is 12.7. The van der Waals surface area contributed by atoms with Crippen LogP contribution >= 0.6 is 15.9 Å². The topological polar surface area (TPSA) is 12.5 Å². The fourth-order valence-electron chi connectivity index (χ4n) is 3.74. The number of likely N-dealkylation sites (tertiary alicyclic amines) is 1. The predicted molar refractivity (Wildman–Crippen MR) is 113 cm³/mol. The Kier molecular flexibility index (Phi) is 8.01. The summed E-state index contributed by atoms with van der Waals surface area (Å²) in [5, 5.41) is 0. The Morgan fingerprint density at radius 3 is 2.38 bits per heavy atom. The average Bonchev–Trinajstić information content (AvgIpc) is 2.70. The van der Waals surface area contributed by atoms with E-state index in [9.17, 15) is 13.2 Å². The normalized spacial score (nSPS) is 16.6. The minimum atomic E-state index is -4.32. The molecule has 0 spiro atoms. The smallest absolute Gasteiger partial charge is 0.416 e. The molecule has 0 amide bonds. The standard InChI is InChI=1S/C23H27BrF3NO/c24-21-6-4-5-18(16-21)15-19(11-14-28-12-2-1-3-13-28)17-29-22-9-7-20(8-10-22)23(25,26)27/h4-10,16,19H,1-3,11-15,17H2. The lowest BCUT2D eigenvalue weighted by molar-refractivity contribution is -0.137. The average molecular weight is 470 g/mol. The molecule has 0 saturated carbocycles. The Morgan fingerprint density at radius 2 is 1.72 bits per heavy atom. The van der Waals surface area contributed by atoms with Gasteiger partial charge >= 0.3 is 6.18 Å². The summed E-state index contributed by atoms with van der Waals surface area (Å²) in [6.07, 6.45) is 1.41. The molecule has 0 aliphatic carbocycles. The lowest BCUT2D eigenvalue weighted by atomic mass is 9.96. The highest BCUT2D eigenvalue weighted by molar-refractivity contribution is 9.10. The molecule has 1 heterocycles. The van der Waals surface area contributed by atoms with Gasteiger partial charge in [0.25, 0.3) is 0 Å². The van der Waals surface area contributed by atoms with Crippen LogP contribution in [-0.4, -0.2) is 31.1 Å². The van der Waals surface area contributed by atoms with E-state index in [0.717, 1.165) is 49.1 Å². The minimum absolute atomic E-state index is 0.300. The van der Waals surface area contributed by atoms with Crippen molar-refractivity contribution < 1.29 is 17.9 Å². The van der Waals surface area contributed by atoms with Gasteiger partial charge < -0.3 is 9.64 Å². The number of piperidine rings is 1. The molecule has 1 atom stereocenters. The lowest BCUT2D eigenvalue weighted by Gasteiger charge is -2.28. The number of alkyl halides is 3. The highest BCUT2D eigenvalue weighted by Gasteiger charge is 2.30. The molecule has 0 bridgehead atoms. The first-order chi connectivity index (χ1) is 13.9. The van der Waals surface area contributed by atoms with Gasteiger partial charge in [0.05, 0.1) is 12.2 Å². The molecule has 158 valence electrons. The lowest BCUT2D eigenvalue weighted by Crippen LogP contribution is -2.32. The van der Waals surface area contributed by atoms with Gasteiger partial charge in [-0.25, -0.2) is 0 Å². The highest BCUT2D eigenvalue weighted by Crippen LogP contribution is 2.30. The van der Waals surface area contributed by atoms with Gasteiger partial charge in [0.1, 0.15) is 5.75 Å². The largest absolute Gasteiger partial charge is 0.493 e. The molecule has 6 heteroatoms. The monoisotopic (exact) mass is 469 g/mol. The Morgan fingerprint density at radius 1 is 1.00 bits per heavy atom. The molecule has 3 rings (SSSR count). The highest BCUT2D eigenvalue weighted by atomic mass is 79.9. The molecule has 1 unspecified atom stereocenters. The van der Waals surface area contributed by atoms with E-state index < -0.39 is 11.7 Å². The van der Waals surface area contributed by atoms with Crippen LogP contribution in [0.2, 0.25) is 0 Å². The van der Waals surface area contributed by atoms with Gasteiger partial charge in [-0.2, -0.15) is 13.2 Å². The summed E-state index contributed by atoms with van der Waals surface area (Å²) in [5.41, 5.74) is 0.583. The number of nitrogens with zero attached hydrogens (tertiary/aromatic N) is 1. The van der Waals surface area contributed by atoms with Crippen molar-refractivity contribution in [1.29, 1.82) is 0 Å². The number of hydrogen-bond acceptors (Lipinski definition) is 2. The second-order valence-electron chi connectivity index (χ2n) is 7.72. The van der Waals surface area contributed by atoms with Gasteiger partial charge in [-0.1, -0.05) is 34.5 Å². The summed E-state index contributed by atoms with van der Waals surface area (Å²) >= 11 is 3.52. The van der Waals surface area contributed by atoms with E-state index in [2.05, 4.69) is 33.0 Å². The molecule has 0 aromatic heterocycles. The number of hydrogen-bond donors (Lipinski definition) is 0. The van der Waals surface area contributed by atoms with Crippen molar-refractivity contribution in [2.45, 2.75) is 38.3 Å². The number of ether oxygens (including phenoxy) is 1. The third-order valence-electron chi connectivity index (χ3n) is 5.38. The molecular weight excluding hydrogens is 443 g/mol. The molecular formula is C23H27BrF3NO. The molecule has 0 N–H and O–H groups in total. The fraction of sp³-hybridized carbons (Fsp3) is 0.478. The van der Waals surface area contributed by atoms with Crippen LogP contribution in [0, 0.1) is 5.92 Å². The molecule has 0 radical (unpaired) electrons. The zero-order valence-corrected chi connectivity index (χ0v) is 18.0. The molecule has 2 aromatic rings. The van der Waals surface area contributed by atoms with Crippen molar-refractivity contribution in [3.8, 4) is 5.75 Å². The van der Waals surface area contributed by atoms with Crippen LogP contribution in [0.4, 0.5) is 13.2 Å². The maximum atomic E-state index is 12.7. The van der Waals surface area contributed by atoms with Crippen LogP contribution in [0.1, 0.15) is 36.8 Å². The van der Waals surface area contributed by atoms with E-state index in [0.29, 0.717) is 18.3 Å². The SMILES string of the molecule is FC(F)(F)c1ccc(OCC(CCN2CCCCC2)Cc2cccc(Br)c2)cc1. The van der Waals surface area contributed by atoms with Crippen LogP contribution < -0.4 is 4.74 Å². The third kappa shape index (κ3) is 7.34. The van der Waals surface area contributed by atoms with E-state index >= 15 is 0 Å². The van der Waals surface area contributed by atoms with Gasteiger partial charge in [0, 0.05) is 4.47 Å². The van der Waals surface area contributed by atoms with Gasteiger partial charge in [-0.15, -0.1) is 0 Å². The summed E-state index contributed by atoms with van der Waals surface area (Å²) in [6.45, 7) is 3.84. The summed E-state index contributed by atoms with van der Waals surface area (Å²) in [7, 11) is 0. The molecule has 2 nitrogen and oxygen atoms in total. The first-order valence-corrected chi connectivity index (χ1v) is 11.0. The van der Waals surface area contributed by atoms with Crippen molar-refractivity contribution in [3.63, 3.8) is 0 Å². The Bertz CT molecular complexity index is 757. The van der Waals surface area contributed by atoms with Gasteiger partial charge in [-0.3, -0.25) is 0 Å². The third-order valence-corrected chi connectivity index (χ3v) is 5.88. The van der Waals surface area contributed by atoms with E-state index in [1.54, 1.807) is 0 Å².